The topological polar surface area (TPSA) is 54.2 Å². The van der Waals surface area contributed by atoms with E-state index in [-0.39, 0.29) is 48.1 Å². The van der Waals surface area contributed by atoms with Gasteiger partial charge in [0.05, 0.1) is 6.54 Å². The molecule has 2 aliphatic carbocycles. The Morgan fingerprint density at radius 2 is 1.73 bits per heavy atom. The number of benzene rings is 1. The van der Waals surface area contributed by atoms with Crippen LogP contribution in [0.25, 0.3) is 0 Å². The van der Waals surface area contributed by atoms with E-state index in [0.717, 1.165) is 24.9 Å². The predicted molar refractivity (Wildman–Crippen MR) is 125 cm³/mol. The molecule has 0 aliphatic heterocycles. The number of aromatic nitrogens is 3. The molecule has 2 aliphatic rings. The number of hydrogen-bond acceptors (Lipinski definition) is 4. The minimum absolute atomic E-state index is 0. The maximum atomic E-state index is 14.4. The van der Waals surface area contributed by atoms with Crippen molar-refractivity contribution in [3.63, 3.8) is 0 Å². The zero-order valence-corrected chi connectivity index (χ0v) is 21.3. The van der Waals surface area contributed by atoms with Crippen LogP contribution in [0.3, 0.4) is 0 Å². The van der Waals surface area contributed by atoms with Gasteiger partial charge in [-0.25, -0.2) is 18.4 Å². The molecule has 2 saturated carbocycles. The molecule has 0 saturated heterocycles. The van der Waals surface area contributed by atoms with Crippen LogP contribution in [0.5, 0.6) is 0 Å². The van der Waals surface area contributed by atoms with E-state index in [9.17, 15) is 13.9 Å². The number of likely N-dealkylation sites (N-methyl/N-ethyl adjacent to an activating group) is 1. The Morgan fingerprint density at radius 3 is 2.27 bits per heavy atom. The fraction of sp³-hybridized carbons (Fsp3) is 0.667. The average molecular weight is 527 g/mol. The van der Waals surface area contributed by atoms with Crippen LogP contribution < -0.4 is 0 Å². The van der Waals surface area contributed by atoms with Crippen LogP contribution >= 0.6 is 12.4 Å². The Morgan fingerprint density at radius 1 is 1.09 bits per heavy atom. The van der Waals surface area contributed by atoms with E-state index in [1.54, 1.807) is 0 Å². The van der Waals surface area contributed by atoms with Gasteiger partial charge < -0.3 is 10.0 Å². The van der Waals surface area contributed by atoms with Gasteiger partial charge in [0.15, 0.2) is 0 Å². The summed E-state index contributed by atoms with van der Waals surface area (Å²) in [7, 11) is 1.92. The van der Waals surface area contributed by atoms with Gasteiger partial charge in [-0.15, -0.1) is 12.4 Å². The minimum atomic E-state index is -1.53. The molecule has 9 heteroatoms. The van der Waals surface area contributed by atoms with E-state index in [0.29, 0.717) is 0 Å². The maximum absolute atomic E-state index is 14.4. The van der Waals surface area contributed by atoms with E-state index < -0.39 is 17.2 Å². The summed E-state index contributed by atoms with van der Waals surface area (Å²) >= 11 is 0. The molecule has 1 heterocycles. The number of halogens is 3. The van der Waals surface area contributed by atoms with E-state index in [4.69, 9.17) is 0 Å². The van der Waals surface area contributed by atoms with Crippen molar-refractivity contribution in [3.05, 3.63) is 48.1 Å². The third kappa shape index (κ3) is 9.61. The Hall–Kier alpha value is -1.05. The van der Waals surface area contributed by atoms with Crippen molar-refractivity contribution >= 4 is 12.4 Å². The van der Waals surface area contributed by atoms with Gasteiger partial charge in [0.1, 0.15) is 29.9 Å². The summed E-state index contributed by atoms with van der Waals surface area (Å²) in [6, 6.07) is 3.29. The zero-order chi connectivity index (χ0) is 22.1. The first-order valence-corrected chi connectivity index (χ1v) is 11.7. The SMILES string of the molecule is C1CCCC1.CN(CCC1CCCC1)CC(O)(Cn1cncn1)c1ccc(F)cc1F.Cl.[Fe]. The Balaban J connectivity index is 0.000000689. The van der Waals surface area contributed by atoms with Crippen LogP contribution in [-0.2, 0) is 29.2 Å². The van der Waals surface area contributed by atoms with Gasteiger partial charge in [0.2, 0.25) is 0 Å². The van der Waals surface area contributed by atoms with E-state index in [1.807, 2.05) is 11.9 Å². The van der Waals surface area contributed by atoms with Crippen molar-refractivity contribution in [2.45, 2.75) is 76.4 Å². The van der Waals surface area contributed by atoms with Gasteiger partial charge in [-0.2, -0.15) is 5.10 Å². The second-order valence-electron chi connectivity index (χ2n) is 9.19. The molecule has 1 N–H and O–H groups in total. The van der Waals surface area contributed by atoms with Gasteiger partial charge in [0, 0.05) is 35.2 Å². The number of rotatable bonds is 8. The quantitative estimate of drug-likeness (QED) is 0.473. The van der Waals surface area contributed by atoms with Crippen LogP contribution in [0, 0.1) is 17.6 Å². The second-order valence-corrected chi connectivity index (χ2v) is 9.19. The summed E-state index contributed by atoms with van der Waals surface area (Å²) in [5.74, 6) is -0.677. The average Bonchev–Trinajstić information content (AvgIpc) is 3.51. The Kier molecular flexibility index (Phi) is 13.7. The third-order valence-electron chi connectivity index (χ3n) is 6.50. The standard InChI is InChI=1S/C19H26F2N4O.C5H10.ClH.Fe/c1-24(9-8-15-4-2-3-5-15)11-19(26,12-25-14-22-13-23-25)17-7-6-16(20)10-18(17)21;1-2-4-5-3-1;;/h6-7,10,13-15,26H,2-5,8-9,11-12H2,1H3;1-5H2;1H;. The van der Waals surface area contributed by atoms with Crippen molar-refractivity contribution in [1.82, 2.24) is 19.7 Å². The summed E-state index contributed by atoms with van der Waals surface area (Å²) in [6.45, 7) is 1.10. The molecule has 1 unspecified atom stereocenters. The molecule has 0 bridgehead atoms. The van der Waals surface area contributed by atoms with Crippen molar-refractivity contribution in [2.75, 3.05) is 20.1 Å². The first-order chi connectivity index (χ1) is 15.0. The fourth-order valence-corrected chi connectivity index (χ4v) is 4.78. The molecule has 33 heavy (non-hydrogen) atoms. The summed E-state index contributed by atoms with van der Waals surface area (Å²) in [5.41, 5.74) is -1.46. The molecule has 188 valence electrons. The van der Waals surface area contributed by atoms with Crippen LogP contribution in [0.4, 0.5) is 8.78 Å². The van der Waals surface area contributed by atoms with Crippen LogP contribution in [-0.4, -0.2) is 44.9 Å². The van der Waals surface area contributed by atoms with E-state index in [1.165, 1.54) is 87.3 Å². The number of hydrogen-bond donors (Lipinski definition) is 1. The van der Waals surface area contributed by atoms with E-state index in [2.05, 4.69) is 10.1 Å². The van der Waals surface area contributed by atoms with Crippen LogP contribution in [0.2, 0.25) is 0 Å². The van der Waals surface area contributed by atoms with Crippen molar-refractivity contribution in [2.24, 2.45) is 5.92 Å². The molecular weight excluding hydrogens is 490 g/mol. The largest absolute Gasteiger partial charge is 0.382 e. The zero-order valence-electron chi connectivity index (χ0n) is 19.4. The molecule has 1 aromatic carbocycles. The predicted octanol–water partition coefficient (Wildman–Crippen LogP) is 5.33. The smallest absolute Gasteiger partial charge is 0.137 e. The van der Waals surface area contributed by atoms with Crippen LogP contribution in [0.15, 0.2) is 30.9 Å². The molecule has 1 atom stereocenters. The van der Waals surface area contributed by atoms with Gasteiger partial charge in [-0.3, -0.25) is 0 Å². The molecule has 2 fully saturated rings. The molecule has 5 nitrogen and oxygen atoms in total. The van der Waals surface area contributed by atoms with Gasteiger partial charge in [0.25, 0.3) is 0 Å². The Bertz CT molecular complexity index is 781. The van der Waals surface area contributed by atoms with Crippen molar-refractivity contribution < 1.29 is 31.0 Å². The third-order valence-corrected chi connectivity index (χ3v) is 6.50. The van der Waals surface area contributed by atoms with Crippen molar-refractivity contribution in [1.29, 1.82) is 0 Å². The first-order valence-electron chi connectivity index (χ1n) is 11.7. The van der Waals surface area contributed by atoms with Gasteiger partial charge in [-0.05, 0) is 32.0 Å². The van der Waals surface area contributed by atoms with Gasteiger partial charge >= 0.3 is 0 Å². The summed E-state index contributed by atoms with van der Waals surface area (Å²) < 4.78 is 29.2. The molecule has 0 spiro atoms. The molecule has 4 rings (SSSR count). The molecule has 2 aromatic rings. The monoisotopic (exact) mass is 526 g/mol. The molecule has 0 amide bonds. The van der Waals surface area contributed by atoms with Crippen molar-refractivity contribution in [3.8, 4) is 0 Å². The second kappa shape index (κ2) is 15.0. The molecule has 0 radical (unpaired) electrons. The summed E-state index contributed by atoms with van der Waals surface area (Å²) in [6.07, 6.45) is 16.5. The summed E-state index contributed by atoms with van der Waals surface area (Å²) in [4.78, 5) is 5.89. The molecule has 1 aromatic heterocycles. The van der Waals surface area contributed by atoms with Crippen LogP contribution in [0.1, 0.15) is 69.8 Å². The fourth-order valence-electron chi connectivity index (χ4n) is 4.78. The Labute approximate surface area is 213 Å². The molecular formula is C24H37ClF2FeN4O. The first kappa shape index (κ1) is 30.0. The normalized spacial score (nSPS) is 17.6. The van der Waals surface area contributed by atoms with E-state index >= 15 is 0 Å². The number of aliphatic hydroxyl groups is 1. The number of nitrogens with zero attached hydrogens (tertiary/aromatic N) is 4. The van der Waals surface area contributed by atoms with Gasteiger partial charge in [-0.1, -0.05) is 63.9 Å². The summed E-state index contributed by atoms with van der Waals surface area (Å²) in [5, 5.41) is 15.3. The maximum Gasteiger partial charge on any atom is 0.137 e. The minimum Gasteiger partial charge on any atom is -0.382 e.